The Labute approximate surface area is 238 Å². The number of rotatable bonds is 4. The fraction of sp³-hybridized carbons (Fsp3) is 0.774. The van der Waals surface area contributed by atoms with E-state index in [9.17, 15) is 14.7 Å². The minimum Gasteiger partial charge on any atom is -0.444 e. The third-order valence-electron chi connectivity index (χ3n) is 10.1. The van der Waals surface area contributed by atoms with Gasteiger partial charge in [-0.05, 0) is 103 Å². The molecule has 2 amide bonds. The van der Waals surface area contributed by atoms with Gasteiger partial charge >= 0.3 is 6.09 Å². The molecule has 1 aromatic rings. The number of aliphatic hydroxyl groups is 1. The Morgan fingerprint density at radius 2 is 1.75 bits per heavy atom. The molecule has 2 N–H and O–H groups in total. The molecule has 4 saturated carbocycles. The van der Waals surface area contributed by atoms with Gasteiger partial charge in [0.25, 0.3) is 5.91 Å². The number of hydrogen-bond donors (Lipinski definition) is 2. The predicted molar refractivity (Wildman–Crippen MR) is 153 cm³/mol. The molecule has 2 saturated heterocycles. The lowest BCUT2D eigenvalue weighted by atomic mass is 9.52. The van der Waals surface area contributed by atoms with E-state index in [4.69, 9.17) is 9.72 Å². The maximum Gasteiger partial charge on any atom is 0.410 e. The predicted octanol–water partition coefficient (Wildman–Crippen LogP) is 3.66. The summed E-state index contributed by atoms with van der Waals surface area (Å²) in [6.45, 7) is 12.2. The van der Waals surface area contributed by atoms with Gasteiger partial charge in [0.2, 0.25) is 0 Å². The van der Waals surface area contributed by atoms with Crippen molar-refractivity contribution in [2.75, 3.05) is 37.6 Å². The summed E-state index contributed by atoms with van der Waals surface area (Å²) in [4.78, 5) is 37.3. The summed E-state index contributed by atoms with van der Waals surface area (Å²) in [5.41, 5.74) is -0.484. The normalized spacial score (nSPS) is 34.7. The molecule has 0 spiro atoms. The van der Waals surface area contributed by atoms with Gasteiger partial charge in [0.05, 0.1) is 5.60 Å². The third-order valence-corrected chi connectivity index (χ3v) is 10.1. The first-order valence-corrected chi connectivity index (χ1v) is 15.5. The maximum atomic E-state index is 13.3. The van der Waals surface area contributed by atoms with Gasteiger partial charge in [-0.3, -0.25) is 9.69 Å². The van der Waals surface area contributed by atoms with Crippen molar-refractivity contribution < 1.29 is 19.4 Å². The number of ether oxygens (including phenoxy) is 1. The zero-order valence-corrected chi connectivity index (χ0v) is 24.6. The molecular weight excluding hydrogens is 506 g/mol. The number of likely N-dealkylation sites (tertiary alicyclic amines) is 1. The highest BCUT2D eigenvalue weighted by Gasteiger charge is 2.55. The lowest BCUT2D eigenvalue weighted by Crippen LogP contribution is -2.61. The van der Waals surface area contributed by atoms with Crippen LogP contribution in [0.5, 0.6) is 0 Å². The summed E-state index contributed by atoms with van der Waals surface area (Å²) in [5.74, 6) is 2.16. The topological polar surface area (TPSA) is 98.2 Å². The first-order valence-electron chi connectivity index (χ1n) is 15.5. The molecule has 9 nitrogen and oxygen atoms in total. The van der Waals surface area contributed by atoms with Crippen molar-refractivity contribution in [2.45, 2.75) is 102 Å². The molecule has 6 fully saturated rings. The zero-order chi connectivity index (χ0) is 28.2. The Kier molecular flexibility index (Phi) is 7.26. The van der Waals surface area contributed by atoms with Crippen LogP contribution in [0.15, 0.2) is 18.2 Å². The van der Waals surface area contributed by atoms with E-state index in [0.717, 1.165) is 83.5 Å². The van der Waals surface area contributed by atoms with Crippen LogP contribution in [0.2, 0.25) is 0 Å². The number of aromatic nitrogens is 1. The van der Waals surface area contributed by atoms with Gasteiger partial charge in [-0.15, -0.1) is 0 Å². The number of hydrogen-bond acceptors (Lipinski definition) is 7. The molecule has 220 valence electrons. The van der Waals surface area contributed by atoms with Crippen LogP contribution in [0.4, 0.5) is 10.6 Å². The second-order valence-corrected chi connectivity index (χ2v) is 14.3. The minimum absolute atomic E-state index is 0.0886. The quantitative estimate of drug-likeness (QED) is 0.587. The highest BCUT2D eigenvalue weighted by atomic mass is 16.6. The molecule has 6 aliphatic rings. The number of nitrogens with zero attached hydrogens (tertiary/aromatic N) is 4. The third kappa shape index (κ3) is 5.69. The average molecular weight is 554 g/mol. The molecule has 40 heavy (non-hydrogen) atoms. The number of piperidine rings is 1. The van der Waals surface area contributed by atoms with Crippen LogP contribution in [0, 0.1) is 17.8 Å². The molecule has 0 aromatic carbocycles. The van der Waals surface area contributed by atoms with Gasteiger partial charge < -0.3 is 25.0 Å². The standard InChI is InChI=1S/C31H47N5O4/c1-20-19-35(24-8-10-34(11-9-24)29(38)40-30(2,3)4)12-13-36(20)26-7-5-6-25(32-26)28(37)33-27-22-14-21-15-23(27)18-31(39,16-21)17-22/h5-7,20-24,27,39H,8-19H2,1-4H3,(H,33,37). The van der Waals surface area contributed by atoms with Crippen molar-refractivity contribution in [1.82, 2.24) is 20.1 Å². The average Bonchev–Trinajstić information content (AvgIpc) is 2.89. The highest BCUT2D eigenvalue weighted by molar-refractivity contribution is 5.93. The molecule has 3 atom stereocenters. The van der Waals surface area contributed by atoms with Crippen molar-refractivity contribution in [1.29, 1.82) is 0 Å². The molecule has 4 aliphatic carbocycles. The van der Waals surface area contributed by atoms with E-state index in [1.807, 2.05) is 43.9 Å². The Morgan fingerprint density at radius 3 is 2.38 bits per heavy atom. The maximum absolute atomic E-state index is 13.3. The molecule has 1 aromatic heterocycles. The number of amides is 2. The summed E-state index contributed by atoms with van der Waals surface area (Å²) >= 11 is 0. The van der Waals surface area contributed by atoms with Crippen LogP contribution < -0.4 is 10.2 Å². The summed E-state index contributed by atoms with van der Waals surface area (Å²) in [6.07, 6.45) is 6.54. The fourth-order valence-electron chi connectivity index (χ4n) is 8.55. The van der Waals surface area contributed by atoms with E-state index in [-0.39, 0.29) is 24.1 Å². The smallest absolute Gasteiger partial charge is 0.410 e. The first-order chi connectivity index (χ1) is 19.0. The largest absolute Gasteiger partial charge is 0.444 e. The Morgan fingerprint density at radius 1 is 1.05 bits per heavy atom. The molecule has 9 heteroatoms. The Balaban J connectivity index is 1.03. The summed E-state index contributed by atoms with van der Waals surface area (Å²) in [7, 11) is 0. The number of nitrogens with one attached hydrogen (secondary N) is 1. The molecule has 7 rings (SSSR count). The van der Waals surface area contributed by atoms with Gasteiger partial charge in [-0.1, -0.05) is 6.07 Å². The highest BCUT2D eigenvalue weighted by Crippen LogP contribution is 2.55. The summed E-state index contributed by atoms with van der Waals surface area (Å²) in [5, 5.41) is 14.2. The zero-order valence-electron chi connectivity index (χ0n) is 24.6. The van der Waals surface area contributed by atoms with Crippen molar-refractivity contribution in [3.8, 4) is 0 Å². The van der Waals surface area contributed by atoms with E-state index in [2.05, 4.69) is 22.0 Å². The van der Waals surface area contributed by atoms with Gasteiger partial charge in [0, 0.05) is 50.8 Å². The fourth-order valence-corrected chi connectivity index (χ4v) is 8.55. The van der Waals surface area contributed by atoms with Crippen LogP contribution in [0.1, 0.15) is 83.1 Å². The van der Waals surface area contributed by atoms with E-state index in [0.29, 0.717) is 29.5 Å². The second-order valence-electron chi connectivity index (χ2n) is 14.3. The van der Waals surface area contributed by atoms with Crippen molar-refractivity contribution in [3.63, 3.8) is 0 Å². The van der Waals surface area contributed by atoms with Crippen LogP contribution in [-0.4, -0.2) is 93.9 Å². The van der Waals surface area contributed by atoms with Crippen molar-refractivity contribution >= 4 is 17.8 Å². The molecule has 0 radical (unpaired) electrons. The SMILES string of the molecule is CC1CN(C2CCN(C(=O)OC(C)(C)C)CC2)CCN1c1cccc(C(=O)NC2C3CC4CC2CC(O)(C4)C3)n1. The monoisotopic (exact) mass is 553 g/mol. The van der Waals surface area contributed by atoms with Gasteiger partial charge in [0.1, 0.15) is 17.1 Å². The van der Waals surface area contributed by atoms with Crippen molar-refractivity contribution in [2.24, 2.45) is 17.8 Å². The van der Waals surface area contributed by atoms with Gasteiger partial charge in [0.15, 0.2) is 0 Å². The molecule has 3 unspecified atom stereocenters. The molecular formula is C31H47N5O4. The number of piperazine rings is 1. The van der Waals surface area contributed by atoms with Crippen LogP contribution in [0.3, 0.4) is 0 Å². The van der Waals surface area contributed by atoms with Gasteiger partial charge in [-0.2, -0.15) is 0 Å². The van der Waals surface area contributed by atoms with Crippen LogP contribution in [-0.2, 0) is 4.74 Å². The number of anilines is 1. The molecule has 4 bridgehead atoms. The lowest BCUT2D eigenvalue weighted by molar-refractivity contribution is -0.136. The van der Waals surface area contributed by atoms with Gasteiger partial charge in [-0.25, -0.2) is 9.78 Å². The van der Waals surface area contributed by atoms with Crippen molar-refractivity contribution in [3.05, 3.63) is 23.9 Å². The Hall–Kier alpha value is -2.39. The van der Waals surface area contributed by atoms with E-state index in [1.54, 1.807) is 0 Å². The van der Waals surface area contributed by atoms with E-state index >= 15 is 0 Å². The minimum atomic E-state index is -0.497. The number of pyridine rings is 1. The Bertz CT molecular complexity index is 1100. The van der Waals surface area contributed by atoms with E-state index < -0.39 is 11.2 Å². The lowest BCUT2D eigenvalue weighted by Gasteiger charge is -2.58. The summed E-state index contributed by atoms with van der Waals surface area (Å²) in [6, 6.07) is 6.67. The number of carbonyl (C=O) groups excluding carboxylic acids is 2. The molecule has 3 heterocycles. The molecule has 2 aliphatic heterocycles. The van der Waals surface area contributed by atoms with Crippen LogP contribution in [0.25, 0.3) is 0 Å². The van der Waals surface area contributed by atoms with E-state index in [1.165, 1.54) is 0 Å². The summed E-state index contributed by atoms with van der Waals surface area (Å²) < 4.78 is 5.56. The second kappa shape index (κ2) is 10.5. The first kappa shape index (κ1) is 27.8. The van der Waals surface area contributed by atoms with Crippen LogP contribution >= 0.6 is 0 Å². The number of carbonyl (C=O) groups is 2.